The molecule has 0 aliphatic carbocycles. The Bertz CT molecular complexity index is 1370. The summed E-state index contributed by atoms with van der Waals surface area (Å²) in [6.45, 7) is 8.18. The van der Waals surface area contributed by atoms with E-state index in [9.17, 15) is 9.59 Å². The van der Waals surface area contributed by atoms with E-state index in [1.54, 1.807) is 24.3 Å². The van der Waals surface area contributed by atoms with Crippen molar-refractivity contribution < 1.29 is 19.1 Å². The topological polar surface area (TPSA) is 77.3 Å². The van der Waals surface area contributed by atoms with Crippen LogP contribution in [0, 0.1) is 27.7 Å². The van der Waals surface area contributed by atoms with Crippen LogP contribution in [0.25, 0.3) is 22.3 Å². The molecule has 0 spiro atoms. The van der Waals surface area contributed by atoms with Gasteiger partial charge in [0.25, 0.3) is 0 Å². The lowest BCUT2D eigenvalue weighted by Gasteiger charge is -2.12. The molecule has 0 atom stereocenters. The van der Waals surface area contributed by atoms with E-state index in [1.807, 2.05) is 76.2 Å². The van der Waals surface area contributed by atoms with E-state index in [4.69, 9.17) is 9.47 Å². The highest BCUT2D eigenvalue weighted by Crippen LogP contribution is 2.34. The Morgan fingerprint density at radius 2 is 0.816 bits per heavy atom. The average Bonchev–Trinajstić information content (AvgIpc) is 2.91. The minimum atomic E-state index is -0.351. The van der Waals surface area contributed by atoms with Crippen molar-refractivity contribution >= 4 is 23.3 Å². The Kier molecular flexibility index (Phi) is 7.82. The normalized spacial score (nSPS) is 11.0. The summed E-state index contributed by atoms with van der Waals surface area (Å²) in [5.41, 5.74) is 11.1. The molecule has 0 unspecified atom stereocenters. The third kappa shape index (κ3) is 5.54. The molecule has 38 heavy (non-hydrogen) atoms. The van der Waals surface area contributed by atoms with Crippen LogP contribution in [0.3, 0.4) is 0 Å². The van der Waals surface area contributed by atoms with E-state index in [-0.39, 0.29) is 11.9 Å². The second kappa shape index (κ2) is 11.2. The molecule has 0 N–H and O–H groups in total. The van der Waals surface area contributed by atoms with Gasteiger partial charge in [-0.1, -0.05) is 24.3 Å². The Morgan fingerprint density at radius 1 is 0.526 bits per heavy atom. The third-order valence-electron chi connectivity index (χ3n) is 6.51. The van der Waals surface area contributed by atoms with Crippen molar-refractivity contribution in [2.45, 2.75) is 27.7 Å². The number of rotatable bonds is 6. The van der Waals surface area contributed by atoms with Crippen LogP contribution in [0.2, 0.25) is 0 Å². The van der Waals surface area contributed by atoms with Gasteiger partial charge in [-0.2, -0.15) is 10.2 Å². The van der Waals surface area contributed by atoms with Crippen LogP contribution in [0.5, 0.6) is 0 Å². The first-order valence-corrected chi connectivity index (χ1v) is 12.2. The molecular formula is C32H30N2O4. The molecule has 0 bridgehead atoms. The number of benzene rings is 4. The average molecular weight is 507 g/mol. The molecule has 0 amide bonds. The third-order valence-corrected chi connectivity index (χ3v) is 6.51. The molecule has 0 saturated carbocycles. The summed E-state index contributed by atoms with van der Waals surface area (Å²) in [6.07, 6.45) is 0. The number of aryl methyl sites for hydroxylation is 4. The van der Waals surface area contributed by atoms with Crippen LogP contribution in [-0.4, -0.2) is 26.2 Å². The molecule has 6 nitrogen and oxygen atoms in total. The second-order valence-corrected chi connectivity index (χ2v) is 9.25. The Balaban J connectivity index is 1.58. The van der Waals surface area contributed by atoms with Crippen molar-refractivity contribution in [1.82, 2.24) is 0 Å². The van der Waals surface area contributed by atoms with Crippen molar-refractivity contribution in [3.05, 3.63) is 106 Å². The van der Waals surface area contributed by atoms with E-state index in [0.29, 0.717) is 11.1 Å². The predicted octanol–water partition coefficient (Wildman–Crippen LogP) is 8.24. The molecule has 4 aromatic rings. The number of carbonyl (C=O) groups is 2. The minimum Gasteiger partial charge on any atom is -0.465 e. The van der Waals surface area contributed by atoms with Gasteiger partial charge < -0.3 is 9.47 Å². The lowest BCUT2D eigenvalue weighted by molar-refractivity contribution is 0.0592. The van der Waals surface area contributed by atoms with Crippen LogP contribution in [0.4, 0.5) is 11.4 Å². The van der Waals surface area contributed by atoms with Gasteiger partial charge in [-0.05, 0) is 121 Å². The zero-order valence-corrected chi connectivity index (χ0v) is 22.5. The van der Waals surface area contributed by atoms with Crippen molar-refractivity contribution in [2.24, 2.45) is 10.2 Å². The fraction of sp³-hybridized carbons (Fsp3) is 0.188. The van der Waals surface area contributed by atoms with E-state index >= 15 is 0 Å². The summed E-state index contributed by atoms with van der Waals surface area (Å²) >= 11 is 0. The molecule has 0 aromatic heterocycles. The largest absolute Gasteiger partial charge is 0.465 e. The predicted molar refractivity (Wildman–Crippen MR) is 150 cm³/mol. The quantitative estimate of drug-likeness (QED) is 0.195. The standard InChI is InChI=1S/C32H30N2O4/c1-19-15-27(16-20(2)29(19)23-7-11-25(12-8-23)31(35)37-5)33-34-28-17-21(3)30(22(4)18-28)24-9-13-26(14-10-24)32(36)38-6/h7-18H,1-6H3. The molecule has 4 rings (SSSR count). The molecule has 6 heteroatoms. The lowest BCUT2D eigenvalue weighted by Crippen LogP contribution is -2.00. The fourth-order valence-electron chi connectivity index (χ4n) is 4.80. The maximum Gasteiger partial charge on any atom is 0.337 e. The number of carbonyl (C=O) groups excluding carboxylic acids is 2. The summed E-state index contributed by atoms with van der Waals surface area (Å²) in [5, 5.41) is 9.04. The van der Waals surface area contributed by atoms with Crippen molar-refractivity contribution in [3.63, 3.8) is 0 Å². The summed E-state index contributed by atoms with van der Waals surface area (Å²) < 4.78 is 9.58. The molecule has 4 aromatic carbocycles. The number of hydrogen-bond acceptors (Lipinski definition) is 6. The van der Waals surface area contributed by atoms with Gasteiger partial charge in [0.05, 0.1) is 36.7 Å². The first kappa shape index (κ1) is 26.5. The summed E-state index contributed by atoms with van der Waals surface area (Å²) in [6, 6.07) is 22.9. The highest BCUT2D eigenvalue weighted by Gasteiger charge is 2.12. The zero-order valence-electron chi connectivity index (χ0n) is 22.5. The molecule has 0 heterocycles. The fourth-order valence-corrected chi connectivity index (χ4v) is 4.80. The molecule has 0 aliphatic rings. The van der Waals surface area contributed by atoms with Gasteiger partial charge in [-0.25, -0.2) is 9.59 Å². The number of nitrogens with zero attached hydrogens (tertiary/aromatic N) is 2. The van der Waals surface area contributed by atoms with Crippen molar-refractivity contribution in [1.29, 1.82) is 0 Å². The summed E-state index contributed by atoms with van der Waals surface area (Å²) in [5.74, 6) is -0.702. The Hall–Kier alpha value is -4.58. The first-order chi connectivity index (χ1) is 18.2. The maximum absolute atomic E-state index is 11.7. The highest BCUT2D eigenvalue weighted by atomic mass is 16.5. The number of ether oxygens (including phenoxy) is 2. The van der Waals surface area contributed by atoms with E-state index in [2.05, 4.69) is 10.2 Å². The van der Waals surface area contributed by atoms with Gasteiger partial charge in [0.15, 0.2) is 0 Å². The highest BCUT2D eigenvalue weighted by molar-refractivity contribution is 5.91. The van der Waals surface area contributed by atoms with E-state index in [0.717, 1.165) is 55.9 Å². The summed E-state index contributed by atoms with van der Waals surface area (Å²) in [4.78, 5) is 23.5. The molecule has 0 aliphatic heterocycles. The number of methoxy groups -OCH3 is 2. The SMILES string of the molecule is COC(=O)c1ccc(-c2c(C)cc(N=Nc3cc(C)c(-c4ccc(C(=O)OC)cc4)c(C)c3)cc2C)cc1. The van der Waals surface area contributed by atoms with Gasteiger partial charge in [0.2, 0.25) is 0 Å². The molecule has 0 radical (unpaired) electrons. The second-order valence-electron chi connectivity index (χ2n) is 9.25. The Labute approximate surface area is 223 Å². The van der Waals surface area contributed by atoms with Crippen LogP contribution in [0.15, 0.2) is 83.0 Å². The van der Waals surface area contributed by atoms with Crippen LogP contribution < -0.4 is 0 Å². The summed E-state index contributed by atoms with van der Waals surface area (Å²) in [7, 11) is 2.75. The molecular weight excluding hydrogens is 476 g/mol. The maximum atomic E-state index is 11.7. The molecule has 0 fully saturated rings. The Morgan fingerprint density at radius 3 is 1.08 bits per heavy atom. The van der Waals surface area contributed by atoms with Crippen LogP contribution >= 0.6 is 0 Å². The first-order valence-electron chi connectivity index (χ1n) is 12.2. The van der Waals surface area contributed by atoms with Gasteiger partial charge in [0, 0.05) is 0 Å². The number of esters is 2. The van der Waals surface area contributed by atoms with Crippen LogP contribution in [-0.2, 0) is 9.47 Å². The zero-order chi connectivity index (χ0) is 27.4. The number of hydrogen-bond donors (Lipinski definition) is 0. The van der Waals surface area contributed by atoms with Gasteiger partial charge in [-0.15, -0.1) is 0 Å². The van der Waals surface area contributed by atoms with E-state index in [1.165, 1.54) is 14.2 Å². The number of azo groups is 1. The molecule has 0 saturated heterocycles. The lowest BCUT2D eigenvalue weighted by atomic mass is 9.94. The minimum absolute atomic E-state index is 0.351. The smallest absolute Gasteiger partial charge is 0.337 e. The van der Waals surface area contributed by atoms with Crippen molar-refractivity contribution in [3.8, 4) is 22.3 Å². The van der Waals surface area contributed by atoms with Gasteiger partial charge >= 0.3 is 11.9 Å². The van der Waals surface area contributed by atoms with E-state index < -0.39 is 0 Å². The molecule has 192 valence electrons. The van der Waals surface area contributed by atoms with Crippen LogP contribution in [0.1, 0.15) is 43.0 Å². The van der Waals surface area contributed by atoms with Gasteiger partial charge in [-0.3, -0.25) is 0 Å². The van der Waals surface area contributed by atoms with Crippen molar-refractivity contribution in [2.75, 3.05) is 14.2 Å². The monoisotopic (exact) mass is 506 g/mol. The van der Waals surface area contributed by atoms with Gasteiger partial charge in [0.1, 0.15) is 0 Å².